The number of ether oxygens (including phenoxy) is 1. The van der Waals surface area contributed by atoms with Crippen LogP contribution in [0.25, 0.3) is 0 Å². The topological polar surface area (TPSA) is 49.8 Å². The van der Waals surface area contributed by atoms with Crippen LogP contribution in [0.1, 0.15) is 16.8 Å². The molecule has 6 heteroatoms. The van der Waals surface area contributed by atoms with E-state index in [-0.39, 0.29) is 11.8 Å². The van der Waals surface area contributed by atoms with Gasteiger partial charge < -0.3 is 14.7 Å². The summed E-state index contributed by atoms with van der Waals surface area (Å²) in [6.07, 6.45) is 0.727. The van der Waals surface area contributed by atoms with Crippen molar-refractivity contribution in [2.24, 2.45) is 0 Å². The van der Waals surface area contributed by atoms with Gasteiger partial charge in [0.2, 0.25) is 0 Å². The summed E-state index contributed by atoms with van der Waals surface area (Å²) in [6.45, 7) is 1.03. The Hall–Kier alpha value is -1.69. The van der Waals surface area contributed by atoms with E-state index in [9.17, 15) is 13.6 Å². The minimum absolute atomic E-state index is 0.00777. The number of methoxy groups -OCH3 is 1. The predicted octanol–water partition coefficient (Wildman–Crippen LogP) is 1.89. The fraction of sp³-hybridized carbons (Fsp3) is 0.417. The molecular weight excluding hydrogens is 244 g/mol. The van der Waals surface area contributed by atoms with Gasteiger partial charge in [-0.05, 0) is 18.6 Å². The Balaban J connectivity index is 2.30. The molecule has 2 rings (SSSR count). The Labute approximate surface area is 103 Å². The number of anilines is 1. The summed E-state index contributed by atoms with van der Waals surface area (Å²) < 4.78 is 32.5. The number of halogens is 2. The second-order valence-corrected chi connectivity index (χ2v) is 4.16. The molecule has 1 N–H and O–H groups in total. The van der Waals surface area contributed by atoms with Gasteiger partial charge in [0.15, 0.2) is 11.6 Å². The van der Waals surface area contributed by atoms with Gasteiger partial charge in [0.05, 0.1) is 17.4 Å². The summed E-state index contributed by atoms with van der Waals surface area (Å²) in [5, 5.41) is 8.69. The van der Waals surface area contributed by atoms with E-state index in [0.29, 0.717) is 13.1 Å². The Morgan fingerprint density at radius 3 is 2.72 bits per heavy atom. The van der Waals surface area contributed by atoms with E-state index in [1.165, 1.54) is 6.07 Å². The largest absolute Gasteiger partial charge is 0.478 e. The van der Waals surface area contributed by atoms with E-state index in [4.69, 9.17) is 9.84 Å². The third-order valence-corrected chi connectivity index (χ3v) is 3.11. The smallest absolute Gasteiger partial charge is 0.338 e. The fourth-order valence-electron chi connectivity index (χ4n) is 2.09. The summed E-state index contributed by atoms with van der Waals surface area (Å²) in [4.78, 5) is 12.3. The second kappa shape index (κ2) is 4.89. The quantitative estimate of drug-likeness (QED) is 0.898. The fourth-order valence-corrected chi connectivity index (χ4v) is 2.09. The number of aromatic carboxylic acids is 1. The van der Waals surface area contributed by atoms with Gasteiger partial charge in [0, 0.05) is 20.2 Å². The molecule has 0 bridgehead atoms. The number of carboxylic acid groups (broad SMARTS) is 1. The molecule has 1 aliphatic rings. The molecule has 0 spiro atoms. The molecule has 4 nitrogen and oxygen atoms in total. The molecule has 1 unspecified atom stereocenters. The maximum absolute atomic E-state index is 13.8. The zero-order valence-electron chi connectivity index (χ0n) is 9.82. The number of carboxylic acids is 1. The lowest BCUT2D eigenvalue weighted by Crippen LogP contribution is -2.23. The lowest BCUT2D eigenvalue weighted by atomic mass is 10.1. The van der Waals surface area contributed by atoms with Gasteiger partial charge in [-0.15, -0.1) is 0 Å². The zero-order chi connectivity index (χ0) is 13.3. The van der Waals surface area contributed by atoms with Gasteiger partial charge in [0.25, 0.3) is 0 Å². The molecule has 0 amide bonds. The number of nitrogens with zero attached hydrogens (tertiary/aromatic N) is 1. The van der Waals surface area contributed by atoms with Crippen molar-refractivity contribution in [1.29, 1.82) is 0 Å². The standard InChI is InChI=1S/C12H13F2NO3/c1-18-7-4-5-15(6-7)9-3-2-8(12(16)17)10(13)11(9)14/h2-3,7H,4-6H2,1H3,(H,16,17). The van der Waals surface area contributed by atoms with Crippen LogP contribution in [0.2, 0.25) is 0 Å². The highest BCUT2D eigenvalue weighted by Crippen LogP contribution is 2.27. The van der Waals surface area contributed by atoms with Crippen molar-refractivity contribution >= 4 is 11.7 Å². The summed E-state index contributed by atoms with van der Waals surface area (Å²) in [7, 11) is 1.57. The average Bonchev–Trinajstić information content (AvgIpc) is 2.80. The van der Waals surface area contributed by atoms with Gasteiger partial charge >= 0.3 is 5.97 Å². The minimum Gasteiger partial charge on any atom is -0.478 e. The second-order valence-electron chi connectivity index (χ2n) is 4.16. The van der Waals surface area contributed by atoms with Gasteiger partial charge in [-0.1, -0.05) is 0 Å². The Morgan fingerprint density at radius 2 is 2.17 bits per heavy atom. The van der Waals surface area contributed by atoms with Crippen LogP contribution in [0.4, 0.5) is 14.5 Å². The highest BCUT2D eigenvalue weighted by Gasteiger charge is 2.27. The molecule has 0 radical (unpaired) electrons. The number of carbonyl (C=O) groups is 1. The van der Waals surface area contributed by atoms with Gasteiger partial charge in [-0.3, -0.25) is 0 Å². The molecule has 1 fully saturated rings. The Morgan fingerprint density at radius 1 is 1.44 bits per heavy atom. The van der Waals surface area contributed by atoms with Crippen molar-refractivity contribution in [2.45, 2.75) is 12.5 Å². The molecule has 98 valence electrons. The van der Waals surface area contributed by atoms with Crippen LogP contribution in [0.3, 0.4) is 0 Å². The van der Waals surface area contributed by atoms with Crippen molar-refractivity contribution in [3.63, 3.8) is 0 Å². The molecule has 0 saturated carbocycles. The Bertz CT molecular complexity index is 479. The minimum atomic E-state index is -1.48. The highest BCUT2D eigenvalue weighted by atomic mass is 19.2. The monoisotopic (exact) mass is 257 g/mol. The Kier molecular flexibility index (Phi) is 3.47. The van der Waals surface area contributed by atoms with Crippen LogP contribution in [0.5, 0.6) is 0 Å². The molecule has 18 heavy (non-hydrogen) atoms. The third kappa shape index (κ3) is 2.15. The van der Waals surface area contributed by atoms with Crippen LogP contribution in [0, 0.1) is 11.6 Å². The lowest BCUT2D eigenvalue weighted by molar-refractivity contribution is 0.0690. The van der Waals surface area contributed by atoms with Crippen molar-refractivity contribution in [3.05, 3.63) is 29.3 Å². The number of benzene rings is 1. The van der Waals surface area contributed by atoms with E-state index in [2.05, 4.69) is 0 Å². The van der Waals surface area contributed by atoms with Crippen LogP contribution in [-0.2, 0) is 4.74 Å². The first-order chi connectivity index (χ1) is 8.54. The average molecular weight is 257 g/mol. The van der Waals surface area contributed by atoms with Crippen molar-refractivity contribution in [3.8, 4) is 0 Å². The van der Waals surface area contributed by atoms with Crippen LogP contribution >= 0.6 is 0 Å². The summed E-state index contributed by atoms with van der Waals surface area (Å²) >= 11 is 0. The van der Waals surface area contributed by atoms with Crippen molar-refractivity contribution in [2.75, 3.05) is 25.1 Å². The summed E-state index contributed by atoms with van der Waals surface area (Å²) in [5.41, 5.74) is -0.573. The molecular formula is C12H13F2NO3. The molecule has 1 aromatic carbocycles. The normalized spacial score (nSPS) is 19.3. The molecule has 1 atom stereocenters. The van der Waals surface area contributed by atoms with E-state index >= 15 is 0 Å². The van der Waals surface area contributed by atoms with Gasteiger partial charge in [-0.25, -0.2) is 13.6 Å². The number of rotatable bonds is 3. The molecule has 0 aliphatic carbocycles. The van der Waals surface area contributed by atoms with E-state index in [0.717, 1.165) is 12.5 Å². The molecule has 1 aliphatic heterocycles. The third-order valence-electron chi connectivity index (χ3n) is 3.11. The SMILES string of the molecule is COC1CCN(c2ccc(C(=O)O)c(F)c2F)C1. The van der Waals surface area contributed by atoms with Gasteiger partial charge in [0.1, 0.15) is 0 Å². The number of hydrogen-bond donors (Lipinski definition) is 1. The summed E-state index contributed by atoms with van der Waals surface area (Å²) in [5.74, 6) is -3.92. The lowest BCUT2D eigenvalue weighted by Gasteiger charge is -2.19. The number of hydrogen-bond acceptors (Lipinski definition) is 3. The van der Waals surface area contributed by atoms with Crippen LogP contribution in [0.15, 0.2) is 12.1 Å². The summed E-state index contributed by atoms with van der Waals surface area (Å²) in [6, 6.07) is 2.37. The van der Waals surface area contributed by atoms with Crippen LogP contribution < -0.4 is 4.90 Å². The van der Waals surface area contributed by atoms with E-state index < -0.39 is 23.2 Å². The maximum Gasteiger partial charge on any atom is 0.338 e. The molecule has 1 saturated heterocycles. The predicted molar refractivity (Wildman–Crippen MR) is 60.9 cm³/mol. The molecule has 1 aromatic rings. The molecule has 0 aromatic heterocycles. The van der Waals surface area contributed by atoms with Crippen molar-refractivity contribution in [1.82, 2.24) is 0 Å². The van der Waals surface area contributed by atoms with Crippen molar-refractivity contribution < 1.29 is 23.4 Å². The van der Waals surface area contributed by atoms with E-state index in [1.54, 1.807) is 12.0 Å². The first-order valence-corrected chi connectivity index (χ1v) is 5.53. The highest BCUT2D eigenvalue weighted by molar-refractivity contribution is 5.88. The first kappa shape index (κ1) is 12.8. The zero-order valence-corrected chi connectivity index (χ0v) is 9.82. The molecule has 1 heterocycles. The first-order valence-electron chi connectivity index (χ1n) is 5.53. The van der Waals surface area contributed by atoms with E-state index in [1.807, 2.05) is 0 Å². The maximum atomic E-state index is 13.8. The van der Waals surface area contributed by atoms with Crippen LogP contribution in [-0.4, -0.2) is 37.4 Å². The van der Waals surface area contributed by atoms with Gasteiger partial charge in [-0.2, -0.15) is 0 Å².